The zero-order chi connectivity index (χ0) is 23.7. The number of rotatable bonds is 7. The van der Waals surface area contributed by atoms with Gasteiger partial charge in [-0.05, 0) is 15.6 Å². The number of carbonyl (C=O) groups excluding carboxylic acids is 2. The third-order valence-corrected chi connectivity index (χ3v) is 9.70. The molecule has 33 heavy (non-hydrogen) atoms. The van der Waals surface area contributed by atoms with Crippen LogP contribution in [0.4, 0.5) is 0 Å². The number of hydrogen-bond acceptors (Lipinski definition) is 4. The lowest BCUT2D eigenvalue weighted by molar-refractivity contribution is -0.164. The van der Waals surface area contributed by atoms with E-state index in [0.29, 0.717) is 0 Å². The van der Waals surface area contributed by atoms with Gasteiger partial charge in [0.15, 0.2) is 0 Å². The van der Waals surface area contributed by atoms with Crippen LogP contribution in [0.2, 0.25) is 0 Å². The van der Waals surface area contributed by atoms with E-state index in [2.05, 4.69) is 18.0 Å². The molecule has 4 nitrogen and oxygen atoms in total. The van der Waals surface area contributed by atoms with E-state index < -0.39 is 25.4 Å². The quantitative estimate of drug-likeness (QED) is 0.138. The van der Waals surface area contributed by atoms with E-state index in [4.69, 9.17) is 9.47 Å². The summed E-state index contributed by atoms with van der Waals surface area (Å²) < 4.78 is 10.00. The van der Waals surface area contributed by atoms with Crippen LogP contribution in [-0.4, -0.2) is 34.2 Å². The number of hydrogen-bond donors (Lipinski definition) is 0. The molecule has 0 spiro atoms. The molecule has 0 heterocycles. The Labute approximate surface area is 195 Å². The topological polar surface area (TPSA) is 52.6 Å². The smallest absolute Gasteiger partial charge is 0.335 e. The Balaban J connectivity index is 2.43. The average Bonchev–Trinajstić information content (AvgIpc) is 2.89. The summed E-state index contributed by atoms with van der Waals surface area (Å²) in [7, 11) is -0.517. The van der Waals surface area contributed by atoms with Crippen LogP contribution < -0.4 is 15.6 Å². The predicted molar refractivity (Wildman–Crippen MR) is 133 cm³/mol. The third-order valence-electron chi connectivity index (χ3n) is 5.60. The fraction of sp³-hybridized carbons (Fsp3) is 0.143. The Morgan fingerprint density at radius 3 is 1.45 bits per heavy atom. The van der Waals surface area contributed by atoms with Gasteiger partial charge in [-0.15, -0.1) is 12.1 Å². The molecule has 0 fully saturated rings. The molecule has 5 heteroatoms. The van der Waals surface area contributed by atoms with Crippen LogP contribution in [0.15, 0.2) is 104 Å². The average molecular weight is 455 g/mol. The van der Waals surface area contributed by atoms with E-state index in [1.165, 1.54) is 20.3 Å². The zero-order valence-electron chi connectivity index (χ0n) is 18.8. The number of allylic oxidation sites excluding steroid dienone is 1. The first-order valence-electron chi connectivity index (χ1n) is 10.5. The van der Waals surface area contributed by atoms with E-state index in [9.17, 15) is 9.59 Å². The molecule has 0 atom stereocenters. The van der Waals surface area contributed by atoms with Crippen molar-refractivity contribution in [2.45, 2.75) is 6.42 Å². The monoisotopic (exact) mass is 454 g/mol. The van der Waals surface area contributed by atoms with Crippen molar-refractivity contribution in [1.29, 1.82) is 0 Å². The highest BCUT2D eigenvalue weighted by atomic mass is 28.3. The Kier molecular flexibility index (Phi) is 7.65. The van der Waals surface area contributed by atoms with Crippen molar-refractivity contribution < 1.29 is 19.1 Å². The fourth-order valence-electron chi connectivity index (χ4n) is 3.95. The Morgan fingerprint density at radius 2 is 1.15 bits per heavy atom. The molecule has 0 radical (unpaired) electrons. The maximum atomic E-state index is 12.9. The number of ether oxygens (including phenoxy) is 2. The number of benzene rings is 3. The van der Waals surface area contributed by atoms with E-state index in [1.807, 2.05) is 91.0 Å². The van der Waals surface area contributed by atoms with E-state index in [0.717, 1.165) is 15.6 Å². The molecule has 3 aromatic carbocycles. The maximum absolute atomic E-state index is 12.9. The number of esters is 2. The standard InChI is InChI=1S/C28H26O4Si/c1-4-20-28(26(29)31-2,27(30)32-3)21-22-33(23-14-8-5-9-15-23,24-16-10-6-11-17-24)25-18-12-7-13-19-25/h4-19H,1,20H2,2-3H3. The highest BCUT2D eigenvalue weighted by Crippen LogP contribution is 2.26. The van der Waals surface area contributed by atoms with E-state index in [-0.39, 0.29) is 6.42 Å². The van der Waals surface area contributed by atoms with Gasteiger partial charge in [0.05, 0.1) is 14.2 Å². The molecule has 0 bridgehead atoms. The second-order valence-corrected chi connectivity index (χ2v) is 11.0. The summed E-state index contributed by atoms with van der Waals surface area (Å²) in [5.41, 5.74) is 1.67. The lowest BCUT2D eigenvalue weighted by atomic mass is 9.85. The van der Waals surface area contributed by atoms with E-state index in [1.54, 1.807) is 0 Å². The van der Waals surface area contributed by atoms with Crippen molar-refractivity contribution in [3.05, 3.63) is 104 Å². The third kappa shape index (κ3) is 4.52. The van der Waals surface area contributed by atoms with Crippen molar-refractivity contribution in [1.82, 2.24) is 0 Å². The van der Waals surface area contributed by atoms with Crippen LogP contribution in [0.25, 0.3) is 0 Å². The SMILES string of the molecule is C=CCC(C#C[Si](c1ccccc1)(c1ccccc1)c1ccccc1)(C(=O)OC)C(=O)OC. The summed E-state index contributed by atoms with van der Waals surface area (Å²) in [5.74, 6) is 1.53. The minimum Gasteiger partial charge on any atom is -0.467 e. The van der Waals surface area contributed by atoms with Crippen molar-refractivity contribution in [2.24, 2.45) is 5.41 Å². The number of methoxy groups -OCH3 is 2. The fourth-order valence-corrected chi connectivity index (χ4v) is 7.86. The van der Waals surface area contributed by atoms with Crippen molar-refractivity contribution in [3.8, 4) is 11.5 Å². The molecular weight excluding hydrogens is 428 g/mol. The van der Waals surface area contributed by atoms with Crippen molar-refractivity contribution in [3.63, 3.8) is 0 Å². The summed E-state index contributed by atoms with van der Waals surface area (Å²) in [6.45, 7) is 3.73. The minimum absolute atomic E-state index is 0.0256. The Morgan fingerprint density at radius 1 is 0.788 bits per heavy atom. The molecule has 0 amide bonds. The first-order valence-corrected chi connectivity index (χ1v) is 12.5. The van der Waals surface area contributed by atoms with Crippen LogP contribution in [0.5, 0.6) is 0 Å². The summed E-state index contributed by atoms with van der Waals surface area (Å²) >= 11 is 0. The van der Waals surface area contributed by atoms with Gasteiger partial charge < -0.3 is 9.47 Å². The molecule has 0 aliphatic heterocycles. The summed E-state index contributed by atoms with van der Waals surface area (Å²) in [4.78, 5) is 25.8. The summed E-state index contributed by atoms with van der Waals surface area (Å²) in [5, 5.41) is 3.12. The molecule has 0 aromatic heterocycles. The van der Waals surface area contributed by atoms with Gasteiger partial charge in [0.2, 0.25) is 13.5 Å². The normalized spacial score (nSPS) is 11.0. The molecule has 0 saturated heterocycles. The molecular formula is C28H26O4Si. The van der Waals surface area contributed by atoms with E-state index >= 15 is 0 Å². The van der Waals surface area contributed by atoms with Crippen LogP contribution in [-0.2, 0) is 19.1 Å². The predicted octanol–water partition coefficient (Wildman–Crippen LogP) is 2.61. The lowest BCUT2D eigenvalue weighted by Gasteiger charge is -2.29. The van der Waals surface area contributed by atoms with Crippen molar-refractivity contribution in [2.75, 3.05) is 14.2 Å². The maximum Gasteiger partial charge on any atom is 0.335 e. The molecule has 0 aliphatic rings. The Bertz CT molecular complexity index is 1050. The largest absolute Gasteiger partial charge is 0.467 e. The van der Waals surface area contributed by atoms with Gasteiger partial charge in [0.1, 0.15) is 0 Å². The van der Waals surface area contributed by atoms with Crippen LogP contribution >= 0.6 is 0 Å². The lowest BCUT2D eigenvalue weighted by Crippen LogP contribution is -2.66. The number of carbonyl (C=O) groups is 2. The second-order valence-electron chi connectivity index (χ2n) is 7.48. The van der Waals surface area contributed by atoms with Gasteiger partial charge in [-0.2, -0.15) is 0 Å². The van der Waals surface area contributed by atoms with Gasteiger partial charge in [-0.25, -0.2) is 9.59 Å². The molecule has 0 unspecified atom stereocenters. The minimum atomic E-state index is -2.99. The van der Waals surface area contributed by atoms with Crippen molar-refractivity contribution >= 4 is 35.6 Å². The van der Waals surface area contributed by atoms with Gasteiger partial charge in [-0.3, -0.25) is 0 Å². The van der Waals surface area contributed by atoms with Gasteiger partial charge >= 0.3 is 11.9 Å². The second kappa shape index (κ2) is 10.6. The first-order chi connectivity index (χ1) is 16.0. The molecule has 166 valence electrons. The summed E-state index contributed by atoms with van der Waals surface area (Å²) in [6, 6.07) is 30.0. The molecule has 0 saturated carbocycles. The molecule has 0 aliphatic carbocycles. The summed E-state index contributed by atoms with van der Waals surface area (Å²) in [6.07, 6.45) is 1.46. The van der Waals surface area contributed by atoms with Gasteiger partial charge in [-0.1, -0.05) is 103 Å². The first kappa shape index (κ1) is 23.8. The molecule has 3 rings (SSSR count). The van der Waals surface area contributed by atoms with Crippen LogP contribution in [0.1, 0.15) is 6.42 Å². The van der Waals surface area contributed by atoms with Gasteiger partial charge in [0, 0.05) is 6.42 Å². The van der Waals surface area contributed by atoms with Crippen LogP contribution in [0, 0.1) is 16.9 Å². The van der Waals surface area contributed by atoms with Gasteiger partial charge in [0.25, 0.3) is 0 Å². The molecule has 0 N–H and O–H groups in total. The highest BCUT2D eigenvalue weighted by molar-refractivity contribution is 7.16. The zero-order valence-corrected chi connectivity index (χ0v) is 19.8. The highest BCUT2D eigenvalue weighted by Gasteiger charge is 2.48. The Hall–Kier alpha value is -3.88. The molecule has 3 aromatic rings. The van der Waals surface area contributed by atoms with Crippen LogP contribution in [0.3, 0.4) is 0 Å².